The van der Waals surface area contributed by atoms with E-state index in [-0.39, 0.29) is 5.82 Å². The Bertz CT molecular complexity index is 354. The van der Waals surface area contributed by atoms with E-state index in [9.17, 15) is 4.39 Å². The van der Waals surface area contributed by atoms with E-state index >= 15 is 0 Å². The van der Waals surface area contributed by atoms with Crippen molar-refractivity contribution in [3.63, 3.8) is 0 Å². The van der Waals surface area contributed by atoms with Gasteiger partial charge < -0.3 is 10.2 Å². The lowest BCUT2D eigenvalue weighted by Crippen LogP contribution is -2.50. The minimum absolute atomic E-state index is 0.130. The summed E-state index contributed by atoms with van der Waals surface area (Å²) in [5, 5.41) is 3.50. The van der Waals surface area contributed by atoms with Crippen LogP contribution in [0.3, 0.4) is 0 Å². The van der Waals surface area contributed by atoms with Crippen molar-refractivity contribution in [1.29, 1.82) is 0 Å². The highest BCUT2D eigenvalue weighted by Crippen LogP contribution is 2.07. The topological polar surface area (TPSA) is 15.3 Å². The van der Waals surface area contributed by atoms with Crippen molar-refractivity contribution in [2.45, 2.75) is 25.8 Å². The van der Waals surface area contributed by atoms with E-state index in [0.29, 0.717) is 6.04 Å². The SMILES string of the molecule is CCC1CN(CCc2cccc(F)c2)CCN1. The lowest BCUT2D eigenvalue weighted by Gasteiger charge is -2.33. The van der Waals surface area contributed by atoms with Crippen LogP contribution in [0.5, 0.6) is 0 Å². The van der Waals surface area contributed by atoms with Crippen LogP contribution < -0.4 is 5.32 Å². The number of benzene rings is 1. The molecule has 0 amide bonds. The third-order valence-corrected chi connectivity index (χ3v) is 3.44. The van der Waals surface area contributed by atoms with E-state index in [1.165, 1.54) is 12.5 Å². The van der Waals surface area contributed by atoms with Crippen LogP contribution in [-0.2, 0) is 6.42 Å². The Labute approximate surface area is 103 Å². The van der Waals surface area contributed by atoms with E-state index in [1.54, 1.807) is 12.1 Å². The van der Waals surface area contributed by atoms with Crippen LogP contribution in [0, 0.1) is 5.82 Å². The highest BCUT2D eigenvalue weighted by Gasteiger charge is 2.16. The number of halogens is 1. The average molecular weight is 236 g/mol. The first kappa shape index (κ1) is 12.5. The van der Waals surface area contributed by atoms with Gasteiger partial charge in [0.15, 0.2) is 0 Å². The van der Waals surface area contributed by atoms with E-state index in [0.717, 1.165) is 38.2 Å². The second kappa shape index (κ2) is 6.12. The first-order valence-electron chi connectivity index (χ1n) is 6.48. The van der Waals surface area contributed by atoms with Crippen LogP contribution in [0.2, 0.25) is 0 Å². The maximum atomic E-state index is 13.0. The summed E-state index contributed by atoms with van der Waals surface area (Å²) in [6, 6.07) is 7.55. The number of piperazine rings is 1. The molecule has 0 radical (unpaired) electrons. The number of nitrogens with zero attached hydrogens (tertiary/aromatic N) is 1. The van der Waals surface area contributed by atoms with Crippen molar-refractivity contribution in [2.24, 2.45) is 0 Å². The predicted molar refractivity (Wildman–Crippen MR) is 68.6 cm³/mol. The van der Waals surface area contributed by atoms with Crippen molar-refractivity contribution < 1.29 is 4.39 Å². The van der Waals surface area contributed by atoms with E-state index < -0.39 is 0 Å². The van der Waals surface area contributed by atoms with E-state index in [2.05, 4.69) is 17.1 Å². The van der Waals surface area contributed by atoms with Crippen LogP contribution >= 0.6 is 0 Å². The maximum absolute atomic E-state index is 13.0. The van der Waals surface area contributed by atoms with Gasteiger partial charge >= 0.3 is 0 Å². The molecule has 17 heavy (non-hydrogen) atoms. The van der Waals surface area contributed by atoms with Gasteiger partial charge in [-0.2, -0.15) is 0 Å². The first-order valence-corrected chi connectivity index (χ1v) is 6.48. The van der Waals surface area contributed by atoms with E-state index in [1.807, 2.05) is 6.07 Å². The highest BCUT2D eigenvalue weighted by atomic mass is 19.1. The molecular formula is C14H21FN2. The van der Waals surface area contributed by atoms with Gasteiger partial charge in [0.2, 0.25) is 0 Å². The van der Waals surface area contributed by atoms with Gasteiger partial charge in [0.1, 0.15) is 5.82 Å². The standard InChI is InChI=1S/C14H21FN2/c1-2-14-11-17(9-7-16-14)8-6-12-4-3-5-13(15)10-12/h3-5,10,14,16H,2,6-9,11H2,1H3. The maximum Gasteiger partial charge on any atom is 0.123 e. The van der Waals surface area contributed by atoms with Crippen LogP contribution in [0.25, 0.3) is 0 Å². The molecule has 1 unspecified atom stereocenters. The fraction of sp³-hybridized carbons (Fsp3) is 0.571. The minimum Gasteiger partial charge on any atom is -0.311 e. The summed E-state index contributed by atoms with van der Waals surface area (Å²) in [4.78, 5) is 2.47. The summed E-state index contributed by atoms with van der Waals surface area (Å²) in [7, 11) is 0. The molecular weight excluding hydrogens is 215 g/mol. The number of hydrogen-bond donors (Lipinski definition) is 1. The smallest absolute Gasteiger partial charge is 0.123 e. The normalized spacial score (nSPS) is 21.6. The molecule has 2 nitrogen and oxygen atoms in total. The predicted octanol–water partition coefficient (Wildman–Crippen LogP) is 2.05. The molecule has 3 heteroatoms. The van der Waals surface area contributed by atoms with Crippen molar-refractivity contribution in [3.05, 3.63) is 35.6 Å². The zero-order valence-corrected chi connectivity index (χ0v) is 10.5. The molecule has 0 aliphatic carbocycles. The lowest BCUT2D eigenvalue weighted by molar-refractivity contribution is 0.199. The van der Waals surface area contributed by atoms with Crippen LogP contribution in [-0.4, -0.2) is 37.1 Å². The largest absolute Gasteiger partial charge is 0.311 e. The molecule has 2 rings (SSSR count). The zero-order chi connectivity index (χ0) is 12.1. The Morgan fingerprint density at radius 1 is 1.47 bits per heavy atom. The first-order chi connectivity index (χ1) is 8.28. The molecule has 1 aliphatic rings. The second-order valence-corrected chi connectivity index (χ2v) is 4.74. The summed E-state index contributed by atoms with van der Waals surface area (Å²) < 4.78 is 13.0. The Kier molecular flexibility index (Phi) is 4.51. The fourth-order valence-corrected chi connectivity index (χ4v) is 2.35. The molecule has 94 valence electrons. The molecule has 1 aromatic rings. The molecule has 1 atom stereocenters. The van der Waals surface area contributed by atoms with Gasteiger partial charge in [-0.1, -0.05) is 19.1 Å². The summed E-state index contributed by atoms with van der Waals surface area (Å²) in [5.41, 5.74) is 1.09. The third-order valence-electron chi connectivity index (χ3n) is 3.44. The third kappa shape index (κ3) is 3.79. The monoisotopic (exact) mass is 236 g/mol. The molecule has 1 aromatic carbocycles. The molecule has 1 saturated heterocycles. The van der Waals surface area contributed by atoms with Gasteiger partial charge in [-0.15, -0.1) is 0 Å². The summed E-state index contributed by atoms with van der Waals surface area (Å²) >= 11 is 0. The molecule has 1 aliphatic heterocycles. The Balaban J connectivity index is 1.81. The second-order valence-electron chi connectivity index (χ2n) is 4.74. The van der Waals surface area contributed by atoms with Crippen molar-refractivity contribution in [2.75, 3.05) is 26.2 Å². The van der Waals surface area contributed by atoms with Crippen LogP contribution in [0.15, 0.2) is 24.3 Å². The minimum atomic E-state index is -0.130. The number of hydrogen-bond acceptors (Lipinski definition) is 2. The number of rotatable bonds is 4. The van der Waals surface area contributed by atoms with Gasteiger partial charge in [-0.3, -0.25) is 0 Å². The Morgan fingerprint density at radius 3 is 3.12 bits per heavy atom. The van der Waals surface area contributed by atoms with Gasteiger partial charge in [0.05, 0.1) is 0 Å². The molecule has 0 aromatic heterocycles. The quantitative estimate of drug-likeness (QED) is 0.860. The van der Waals surface area contributed by atoms with Crippen LogP contribution in [0.4, 0.5) is 4.39 Å². The van der Waals surface area contributed by atoms with Crippen molar-refractivity contribution in [3.8, 4) is 0 Å². The van der Waals surface area contributed by atoms with Crippen molar-refractivity contribution in [1.82, 2.24) is 10.2 Å². The van der Waals surface area contributed by atoms with Gasteiger partial charge in [-0.05, 0) is 30.5 Å². The van der Waals surface area contributed by atoms with Gasteiger partial charge in [0, 0.05) is 32.2 Å². The van der Waals surface area contributed by atoms with Gasteiger partial charge in [0.25, 0.3) is 0 Å². The lowest BCUT2D eigenvalue weighted by atomic mass is 10.1. The molecule has 1 fully saturated rings. The average Bonchev–Trinajstić information content (AvgIpc) is 2.37. The van der Waals surface area contributed by atoms with Crippen molar-refractivity contribution >= 4 is 0 Å². The molecule has 0 saturated carbocycles. The van der Waals surface area contributed by atoms with Gasteiger partial charge in [-0.25, -0.2) is 4.39 Å². The summed E-state index contributed by atoms with van der Waals surface area (Å²) in [5.74, 6) is -0.130. The number of nitrogens with one attached hydrogen (secondary N) is 1. The molecule has 1 heterocycles. The highest BCUT2D eigenvalue weighted by molar-refractivity contribution is 5.16. The molecule has 0 bridgehead atoms. The summed E-state index contributed by atoms with van der Waals surface area (Å²) in [6.07, 6.45) is 2.12. The summed E-state index contributed by atoms with van der Waals surface area (Å²) in [6.45, 7) is 6.54. The molecule has 1 N–H and O–H groups in total. The fourth-order valence-electron chi connectivity index (χ4n) is 2.35. The Hall–Kier alpha value is -0.930. The van der Waals surface area contributed by atoms with E-state index in [4.69, 9.17) is 0 Å². The van der Waals surface area contributed by atoms with Crippen LogP contribution in [0.1, 0.15) is 18.9 Å². The molecule has 0 spiro atoms. The Morgan fingerprint density at radius 2 is 2.35 bits per heavy atom. The zero-order valence-electron chi connectivity index (χ0n) is 10.5.